The second kappa shape index (κ2) is 4.35. The molecule has 1 atom stereocenters. The SMILES string of the molecule is C[C-]1CNCC(C)O1.[Li+]. The van der Waals surface area contributed by atoms with E-state index in [1.54, 1.807) is 0 Å². The van der Waals surface area contributed by atoms with Crippen LogP contribution in [-0.2, 0) is 4.74 Å². The maximum absolute atomic E-state index is 5.34. The number of nitrogens with one attached hydrogen (secondary N) is 1. The second-order valence-corrected chi connectivity index (χ2v) is 2.26. The zero-order chi connectivity index (χ0) is 5.98. The van der Waals surface area contributed by atoms with Crippen molar-refractivity contribution in [2.75, 3.05) is 13.1 Å². The fourth-order valence-corrected chi connectivity index (χ4v) is 0.878. The summed E-state index contributed by atoms with van der Waals surface area (Å²) >= 11 is 0. The molecule has 0 radical (unpaired) electrons. The Hall–Kier alpha value is 0.517. The summed E-state index contributed by atoms with van der Waals surface area (Å²) in [6.45, 7) is 5.97. The fraction of sp³-hybridized carbons (Fsp3) is 0.833. The molecule has 1 aliphatic heterocycles. The van der Waals surface area contributed by atoms with Crippen LogP contribution in [0.3, 0.4) is 0 Å². The van der Waals surface area contributed by atoms with Gasteiger partial charge in [0.2, 0.25) is 0 Å². The van der Waals surface area contributed by atoms with Crippen molar-refractivity contribution in [3.63, 3.8) is 0 Å². The molecule has 1 heterocycles. The van der Waals surface area contributed by atoms with Crippen LogP contribution in [0.4, 0.5) is 0 Å². The molecule has 0 aromatic carbocycles. The molecule has 0 saturated carbocycles. The Morgan fingerprint density at radius 2 is 2.33 bits per heavy atom. The predicted octanol–water partition coefficient (Wildman–Crippen LogP) is -2.45. The van der Waals surface area contributed by atoms with Crippen molar-refractivity contribution in [1.29, 1.82) is 0 Å². The van der Waals surface area contributed by atoms with Crippen LogP contribution < -0.4 is 24.2 Å². The van der Waals surface area contributed by atoms with Crippen molar-refractivity contribution < 1.29 is 23.6 Å². The van der Waals surface area contributed by atoms with E-state index in [1.807, 2.05) is 6.92 Å². The summed E-state index contributed by atoms with van der Waals surface area (Å²) < 4.78 is 5.34. The third-order valence-corrected chi connectivity index (χ3v) is 1.21. The molecule has 1 N–H and O–H groups in total. The molecule has 1 saturated heterocycles. The van der Waals surface area contributed by atoms with Gasteiger partial charge in [-0.3, -0.25) is 0 Å². The average Bonchev–Trinajstić information content (AvgIpc) is 1.64. The summed E-state index contributed by atoms with van der Waals surface area (Å²) in [5, 5.41) is 3.22. The average molecular weight is 121 g/mol. The van der Waals surface area contributed by atoms with Crippen molar-refractivity contribution in [3.8, 4) is 0 Å². The van der Waals surface area contributed by atoms with Crippen LogP contribution in [0.2, 0.25) is 0 Å². The van der Waals surface area contributed by atoms with Gasteiger partial charge in [0, 0.05) is 12.6 Å². The zero-order valence-corrected chi connectivity index (χ0v) is 6.40. The first kappa shape index (κ1) is 9.52. The van der Waals surface area contributed by atoms with Crippen LogP contribution in [0.15, 0.2) is 0 Å². The molecule has 1 aliphatic rings. The van der Waals surface area contributed by atoms with Gasteiger partial charge in [-0.15, -0.1) is 6.54 Å². The molecule has 9 heavy (non-hydrogen) atoms. The molecule has 1 unspecified atom stereocenters. The van der Waals surface area contributed by atoms with E-state index in [0.29, 0.717) is 6.10 Å². The molecule has 0 bridgehead atoms. The molecule has 48 valence electrons. The molecule has 0 aromatic rings. The second-order valence-electron chi connectivity index (χ2n) is 2.26. The number of ether oxygens (including phenoxy) is 1. The van der Waals surface area contributed by atoms with Crippen molar-refractivity contribution in [1.82, 2.24) is 5.32 Å². The molecule has 2 nitrogen and oxygen atoms in total. The molecule has 0 aliphatic carbocycles. The van der Waals surface area contributed by atoms with Crippen LogP contribution >= 0.6 is 0 Å². The number of hydrogen-bond acceptors (Lipinski definition) is 2. The maximum Gasteiger partial charge on any atom is 1.00 e. The van der Waals surface area contributed by atoms with Gasteiger partial charge in [0.05, 0.1) is 0 Å². The van der Waals surface area contributed by atoms with Crippen molar-refractivity contribution in [3.05, 3.63) is 6.10 Å². The normalized spacial score (nSPS) is 29.3. The fourth-order valence-electron chi connectivity index (χ4n) is 0.878. The zero-order valence-electron chi connectivity index (χ0n) is 6.40. The third-order valence-electron chi connectivity index (χ3n) is 1.21. The summed E-state index contributed by atoms with van der Waals surface area (Å²) in [6, 6.07) is 0. The van der Waals surface area contributed by atoms with Gasteiger partial charge in [0.1, 0.15) is 0 Å². The van der Waals surface area contributed by atoms with Crippen LogP contribution in [0.25, 0.3) is 0 Å². The monoisotopic (exact) mass is 121 g/mol. The van der Waals surface area contributed by atoms with Gasteiger partial charge in [-0.25, -0.2) is 0 Å². The number of hydrogen-bond donors (Lipinski definition) is 1. The summed E-state index contributed by atoms with van der Waals surface area (Å²) in [6.07, 6.45) is 1.47. The first-order chi connectivity index (χ1) is 3.79. The summed E-state index contributed by atoms with van der Waals surface area (Å²) in [4.78, 5) is 0. The topological polar surface area (TPSA) is 21.3 Å². The number of morpholine rings is 1. The maximum atomic E-state index is 5.34. The molecule has 0 aromatic heterocycles. The van der Waals surface area contributed by atoms with Gasteiger partial charge < -0.3 is 10.1 Å². The summed E-state index contributed by atoms with van der Waals surface area (Å²) in [7, 11) is 0. The van der Waals surface area contributed by atoms with E-state index < -0.39 is 0 Å². The Kier molecular flexibility index (Phi) is 4.60. The largest absolute Gasteiger partial charge is 1.00 e. The Morgan fingerprint density at radius 1 is 1.67 bits per heavy atom. The summed E-state index contributed by atoms with van der Waals surface area (Å²) in [5.41, 5.74) is 0. The van der Waals surface area contributed by atoms with Crippen LogP contribution in [-0.4, -0.2) is 19.2 Å². The van der Waals surface area contributed by atoms with Crippen molar-refractivity contribution in [2.45, 2.75) is 20.0 Å². The van der Waals surface area contributed by atoms with E-state index in [0.717, 1.165) is 19.2 Å². The molecule has 0 spiro atoms. The Balaban J connectivity index is 0.000000640. The first-order valence-corrected chi connectivity index (χ1v) is 2.99. The molecule has 1 rings (SSSR count). The molecule has 3 heteroatoms. The standard InChI is InChI=1S/C6H12NO.Li/c1-5-3-7-4-6(2)8-5;/h5,7H,3-4H2,1-2H3;/q-1;+1. The Labute approximate surface area is 68.5 Å². The minimum Gasteiger partial charge on any atom is -0.545 e. The molecule has 1 fully saturated rings. The predicted molar refractivity (Wildman–Crippen MR) is 32.3 cm³/mol. The minimum absolute atomic E-state index is 0. The van der Waals surface area contributed by atoms with Crippen LogP contribution in [0, 0.1) is 6.10 Å². The third kappa shape index (κ3) is 3.27. The van der Waals surface area contributed by atoms with Crippen molar-refractivity contribution in [2.24, 2.45) is 0 Å². The van der Waals surface area contributed by atoms with E-state index in [4.69, 9.17) is 4.74 Å². The van der Waals surface area contributed by atoms with Gasteiger partial charge in [-0.05, 0) is 6.92 Å². The van der Waals surface area contributed by atoms with Crippen molar-refractivity contribution >= 4 is 0 Å². The van der Waals surface area contributed by atoms with Gasteiger partial charge in [0.25, 0.3) is 0 Å². The quantitative estimate of drug-likeness (QED) is 0.284. The molecule has 0 amide bonds. The van der Waals surface area contributed by atoms with Gasteiger partial charge in [-0.2, -0.15) is 13.0 Å². The Bertz CT molecular complexity index is 71.5. The van der Waals surface area contributed by atoms with E-state index in [2.05, 4.69) is 12.2 Å². The number of rotatable bonds is 0. The van der Waals surface area contributed by atoms with Gasteiger partial charge in [-0.1, -0.05) is 0 Å². The van der Waals surface area contributed by atoms with E-state index in [9.17, 15) is 0 Å². The first-order valence-electron chi connectivity index (χ1n) is 2.99. The molecular weight excluding hydrogens is 109 g/mol. The summed E-state index contributed by atoms with van der Waals surface area (Å²) in [5.74, 6) is 0. The van der Waals surface area contributed by atoms with Gasteiger partial charge in [0.15, 0.2) is 0 Å². The smallest absolute Gasteiger partial charge is 0.545 e. The van der Waals surface area contributed by atoms with Crippen LogP contribution in [0.5, 0.6) is 0 Å². The Morgan fingerprint density at radius 3 is 2.67 bits per heavy atom. The minimum atomic E-state index is 0. The van der Waals surface area contributed by atoms with E-state index in [1.165, 1.54) is 0 Å². The van der Waals surface area contributed by atoms with E-state index in [-0.39, 0.29) is 18.9 Å². The molecular formula is C6H12LiNO. The van der Waals surface area contributed by atoms with Crippen LogP contribution in [0.1, 0.15) is 13.8 Å². The van der Waals surface area contributed by atoms with E-state index >= 15 is 0 Å². The van der Waals surface area contributed by atoms with Gasteiger partial charge >= 0.3 is 18.9 Å².